The van der Waals surface area contributed by atoms with Crippen molar-refractivity contribution in [3.8, 4) is 0 Å². The lowest BCUT2D eigenvalue weighted by atomic mass is 10.0. The fraction of sp³-hybridized carbons (Fsp3) is 0.250. The summed E-state index contributed by atoms with van der Waals surface area (Å²) >= 11 is 0. The Morgan fingerprint density at radius 1 is 1.05 bits per heavy atom. The lowest BCUT2D eigenvalue weighted by molar-refractivity contribution is -0.141. The highest BCUT2D eigenvalue weighted by Gasteiger charge is 2.34. The fourth-order valence-electron chi connectivity index (χ4n) is 4.44. The molecular formula is C28H27F3N4O4S. The van der Waals surface area contributed by atoms with E-state index in [0.29, 0.717) is 29.7 Å². The standard InChI is InChI=1S/C28H27F3N4O4S/c1-2-6-23(26(36)33-40(38,39)18-12-20-7-4-3-5-8-20)27(37)35-16-14-34(15-17-35)25-11-13-32-24-19-21(28(29,30)31)9-10-22(24)25/h2-5,7-13,18-19,23H,1,6,14-17H2,(H,33,36)/b18-12+. The normalized spacial score (nSPS) is 15.3. The number of pyridine rings is 1. The number of hydrogen-bond acceptors (Lipinski definition) is 6. The number of sulfonamides is 1. The number of fused-ring (bicyclic) bond motifs is 1. The molecule has 2 heterocycles. The summed E-state index contributed by atoms with van der Waals surface area (Å²) in [7, 11) is -4.15. The summed E-state index contributed by atoms with van der Waals surface area (Å²) in [5, 5.41) is 1.42. The average Bonchev–Trinajstić information content (AvgIpc) is 2.94. The van der Waals surface area contributed by atoms with Crippen molar-refractivity contribution in [2.24, 2.45) is 5.92 Å². The molecule has 8 nitrogen and oxygen atoms in total. The Hall–Kier alpha value is -4.19. The van der Waals surface area contributed by atoms with E-state index in [9.17, 15) is 31.2 Å². The van der Waals surface area contributed by atoms with Crippen LogP contribution in [0, 0.1) is 5.92 Å². The third kappa shape index (κ3) is 6.87. The van der Waals surface area contributed by atoms with Crippen molar-refractivity contribution in [2.45, 2.75) is 12.6 Å². The van der Waals surface area contributed by atoms with Gasteiger partial charge in [-0.1, -0.05) is 42.5 Å². The quantitative estimate of drug-likeness (QED) is 0.321. The first-order valence-corrected chi connectivity index (χ1v) is 13.9. The molecule has 0 radical (unpaired) electrons. The van der Waals surface area contributed by atoms with Crippen molar-refractivity contribution in [3.63, 3.8) is 0 Å². The van der Waals surface area contributed by atoms with E-state index >= 15 is 0 Å². The number of nitrogens with one attached hydrogen (secondary N) is 1. The van der Waals surface area contributed by atoms with Gasteiger partial charge in [-0.05, 0) is 36.3 Å². The largest absolute Gasteiger partial charge is 0.416 e. The van der Waals surface area contributed by atoms with Gasteiger partial charge in [0.15, 0.2) is 0 Å². The van der Waals surface area contributed by atoms with Crippen LogP contribution in [0.1, 0.15) is 17.5 Å². The maximum absolute atomic E-state index is 13.3. The molecule has 1 N–H and O–H groups in total. The Labute approximate surface area is 229 Å². The summed E-state index contributed by atoms with van der Waals surface area (Å²) in [6.07, 6.45) is -0.384. The molecule has 3 aromatic rings. The molecule has 4 rings (SSSR count). The van der Waals surface area contributed by atoms with Crippen molar-refractivity contribution in [3.05, 3.63) is 90.0 Å². The van der Waals surface area contributed by atoms with E-state index in [0.717, 1.165) is 17.5 Å². The summed E-state index contributed by atoms with van der Waals surface area (Å²) in [4.78, 5) is 33.6. The van der Waals surface area contributed by atoms with Crippen LogP contribution in [-0.2, 0) is 25.8 Å². The van der Waals surface area contributed by atoms with E-state index in [1.807, 2.05) is 9.62 Å². The zero-order valence-electron chi connectivity index (χ0n) is 21.3. The number of halogens is 3. The molecule has 2 aromatic carbocycles. The molecule has 1 saturated heterocycles. The number of anilines is 1. The van der Waals surface area contributed by atoms with Gasteiger partial charge in [-0.3, -0.25) is 14.6 Å². The zero-order valence-corrected chi connectivity index (χ0v) is 22.2. The summed E-state index contributed by atoms with van der Waals surface area (Å²) in [6, 6.07) is 13.8. The third-order valence-corrected chi connectivity index (χ3v) is 7.46. The predicted molar refractivity (Wildman–Crippen MR) is 146 cm³/mol. The molecule has 1 aliphatic heterocycles. The van der Waals surface area contributed by atoms with E-state index in [4.69, 9.17) is 0 Å². The summed E-state index contributed by atoms with van der Waals surface area (Å²) in [6.45, 7) is 4.75. The van der Waals surface area contributed by atoms with E-state index in [1.165, 1.54) is 29.3 Å². The van der Waals surface area contributed by atoms with Gasteiger partial charge in [0.25, 0.3) is 10.0 Å². The number of aromatic nitrogens is 1. The molecule has 1 atom stereocenters. The fourth-order valence-corrected chi connectivity index (χ4v) is 5.26. The average molecular weight is 573 g/mol. The first-order valence-electron chi connectivity index (χ1n) is 12.4. The minimum Gasteiger partial charge on any atom is -0.367 e. The van der Waals surface area contributed by atoms with Gasteiger partial charge >= 0.3 is 6.18 Å². The second kappa shape index (κ2) is 11.9. The second-order valence-corrected chi connectivity index (χ2v) is 10.7. The lowest BCUT2D eigenvalue weighted by Crippen LogP contribution is -2.52. The predicted octanol–water partition coefficient (Wildman–Crippen LogP) is 4.21. The van der Waals surface area contributed by atoms with Crippen molar-refractivity contribution in [1.29, 1.82) is 0 Å². The topological polar surface area (TPSA) is 99.7 Å². The summed E-state index contributed by atoms with van der Waals surface area (Å²) in [5.41, 5.74) is 0.724. The van der Waals surface area contributed by atoms with Crippen LogP contribution in [-0.4, -0.2) is 56.3 Å². The molecule has 1 fully saturated rings. The molecule has 12 heteroatoms. The van der Waals surface area contributed by atoms with E-state index in [1.54, 1.807) is 36.4 Å². The van der Waals surface area contributed by atoms with E-state index in [2.05, 4.69) is 11.6 Å². The highest BCUT2D eigenvalue weighted by atomic mass is 32.2. The molecule has 1 aromatic heterocycles. The van der Waals surface area contributed by atoms with Crippen LogP contribution in [0.15, 0.2) is 78.9 Å². The Kier molecular flexibility index (Phi) is 8.58. The highest BCUT2D eigenvalue weighted by molar-refractivity contribution is 7.93. The van der Waals surface area contributed by atoms with Gasteiger partial charge in [0.05, 0.1) is 16.5 Å². The van der Waals surface area contributed by atoms with Crippen molar-refractivity contribution < 1.29 is 31.2 Å². The molecule has 210 valence electrons. The SMILES string of the molecule is C=CCC(C(=O)NS(=O)(=O)/C=C/c1ccccc1)C(=O)N1CCN(c2ccnc3cc(C(F)(F)F)ccc23)CC1. The molecule has 40 heavy (non-hydrogen) atoms. The first kappa shape index (κ1) is 28.8. The molecule has 0 aliphatic carbocycles. The molecule has 0 bridgehead atoms. The van der Waals surface area contributed by atoms with Crippen LogP contribution in [0.2, 0.25) is 0 Å². The van der Waals surface area contributed by atoms with Crippen LogP contribution in [0.25, 0.3) is 17.0 Å². The Balaban J connectivity index is 1.43. The smallest absolute Gasteiger partial charge is 0.367 e. The van der Waals surface area contributed by atoms with Crippen LogP contribution >= 0.6 is 0 Å². The molecule has 0 saturated carbocycles. The number of carbonyl (C=O) groups is 2. The number of hydrogen-bond donors (Lipinski definition) is 1. The number of alkyl halides is 3. The minimum absolute atomic E-state index is 0.0562. The Morgan fingerprint density at radius 3 is 2.40 bits per heavy atom. The van der Waals surface area contributed by atoms with Gasteiger partial charge in [-0.15, -0.1) is 6.58 Å². The van der Waals surface area contributed by atoms with Gasteiger partial charge < -0.3 is 9.80 Å². The maximum Gasteiger partial charge on any atom is 0.416 e. The van der Waals surface area contributed by atoms with Gasteiger partial charge in [0.1, 0.15) is 5.92 Å². The van der Waals surface area contributed by atoms with Gasteiger partial charge in [-0.2, -0.15) is 13.2 Å². The zero-order chi connectivity index (χ0) is 28.9. The van der Waals surface area contributed by atoms with Gasteiger partial charge in [0, 0.05) is 43.4 Å². The third-order valence-electron chi connectivity index (χ3n) is 6.48. The lowest BCUT2D eigenvalue weighted by Gasteiger charge is -2.37. The number of benzene rings is 2. The number of carbonyl (C=O) groups excluding carboxylic acids is 2. The minimum atomic E-state index is -4.48. The number of amides is 2. The molecular weight excluding hydrogens is 545 g/mol. The monoisotopic (exact) mass is 572 g/mol. The number of piperazine rings is 1. The van der Waals surface area contributed by atoms with Crippen LogP contribution in [0.5, 0.6) is 0 Å². The van der Waals surface area contributed by atoms with Crippen LogP contribution in [0.4, 0.5) is 18.9 Å². The molecule has 2 amide bonds. The van der Waals surface area contributed by atoms with Crippen molar-refractivity contribution >= 4 is 44.5 Å². The number of nitrogens with zero attached hydrogens (tertiary/aromatic N) is 3. The summed E-state index contributed by atoms with van der Waals surface area (Å²) in [5.74, 6) is -2.77. The highest BCUT2D eigenvalue weighted by Crippen LogP contribution is 2.34. The number of rotatable bonds is 8. The summed E-state index contributed by atoms with van der Waals surface area (Å²) < 4.78 is 66.2. The van der Waals surface area contributed by atoms with Crippen LogP contribution < -0.4 is 9.62 Å². The Morgan fingerprint density at radius 2 is 1.75 bits per heavy atom. The molecule has 0 spiro atoms. The maximum atomic E-state index is 13.3. The second-order valence-electron chi connectivity index (χ2n) is 9.17. The first-order chi connectivity index (χ1) is 19.0. The van der Waals surface area contributed by atoms with Gasteiger partial charge in [-0.25, -0.2) is 13.1 Å². The van der Waals surface area contributed by atoms with E-state index in [-0.39, 0.29) is 25.0 Å². The van der Waals surface area contributed by atoms with Crippen LogP contribution in [0.3, 0.4) is 0 Å². The molecule has 1 unspecified atom stereocenters. The molecule has 1 aliphatic rings. The number of allylic oxidation sites excluding steroid dienone is 1. The van der Waals surface area contributed by atoms with E-state index < -0.39 is 39.5 Å². The van der Waals surface area contributed by atoms with Crippen molar-refractivity contribution in [2.75, 3.05) is 31.1 Å². The van der Waals surface area contributed by atoms with Gasteiger partial charge in [0.2, 0.25) is 11.8 Å². The Bertz CT molecular complexity index is 1530. The van der Waals surface area contributed by atoms with Crippen molar-refractivity contribution in [1.82, 2.24) is 14.6 Å².